The summed E-state index contributed by atoms with van der Waals surface area (Å²) >= 11 is 1.85. The minimum Gasteiger partial charge on any atom is -0.133 e. The second-order valence-corrected chi connectivity index (χ2v) is 6.93. The van der Waals surface area contributed by atoms with E-state index >= 15 is 0 Å². The van der Waals surface area contributed by atoms with Gasteiger partial charge in [-0.25, -0.2) is 0 Å². The van der Waals surface area contributed by atoms with Gasteiger partial charge in [-0.05, 0) is 28.9 Å². The van der Waals surface area contributed by atoms with Crippen molar-refractivity contribution in [1.82, 2.24) is 0 Å². The molecule has 1 heteroatoms. The first-order valence-electron chi connectivity index (χ1n) is 5.52. The van der Waals surface area contributed by atoms with Crippen LogP contribution in [0.2, 0.25) is 0 Å². The summed E-state index contributed by atoms with van der Waals surface area (Å²) in [5.41, 5.74) is 1.96. The molecule has 0 N–H and O–H groups in total. The van der Waals surface area contributed by atoms with Gasteiger partial charge in [0, 0.05) is 0 Å². The molecule has 0 unspecified atom stereocenters. The van der Waals surface area contributed by atoms with Crippen LogP contribution in [0.1, 0.15) is 48.5 Å². The lowest BCUT2D eigenvalue weighted by molar-refractivity contribution is 0.503. The highest BCUT2D eigenvalue weighted by atomic mass is 32.2. The van der Waals surface area contributed by atoms with Crippen molar-refractivity contribution in [3.63, 3.8) is 0 Å². The molecule has 0 aliphatic rings. The molecule has 0 saturated heterocycles. The molecule has 0 aromatic rings. The van der Waals surface area contributed by atoms with Gasteiger partial charge in [-0.3, -0.25) is 0 Å². The maximum Gasteiger partial charge on any atom is -0.00721 e. The SMILES string of the molecule is CS/C(=C\C=C(/C)C(C)(C)C)C(C)(C)C. The molecule has 0 nitrogen and oxygen atoms in total. The zero-order valence-electron chi connectivity index (χ0n) is 11.6. The normalized spacial score (nSPS) is 15.7. The molecule has 0 amide bonds. The van der Waals surface area contributed by atoms with Gasteiger partial charge in [0.05, 0.1) is 0 Å². The van der Waals surface area contributed by atoms with E-state index in [1.54, 1.807) is 0 Å². The Morgan fingerprint density at radius 2 is 1.33 bits per heavy atom. The quantitative estimate of drug-likeness (QED) is 0.578. The maximum atomic E-state index is 2.27. The Labute approximate surface area is 100 Å². The standard InChI is InChI=1S/C14H26S/c1-11(13(2,3)4)9-10-12(15-8)14(5,6)7/h9-10H,1-8H3/b11-9+,12-10-. The van der Waals surface area contributed by atoms with Gasteiger partial charge in [0.2, 0.25) is 0 Å². The van der Waals surface area contributed by atoms with Crippen molar-refractivity contribution in [3.8, 4) is 0 Å². The van der Waals surface area contributed by atoms with Crippen molar-refractivity contribution in [1.29, 1.82) is 0 Å². The molecule has 0 bridgehead atoms. The summed E-state index contributed by atoms with van der Waals surface area (Å²) in [4.78, 5) is 1.44. The van der Waals surface area contributed by atoms with E-state index in [4.69, 9.17) is 0 Å². The van der Waals surface area contributed by atoms with Crippen molar-refractivity contribution in [2.45, 2.75) is 48.5 Å². The highest BCUT2D eigenvalue weighted by Gasteiger charge is 2.16. The first-order chi connectivity index (χ1) is 6.59. The third kappa shape index (κ3) is 5.46. The fraction of sp³-hybridized carbons (Fsp3) is 0.714. The van der Waals surface area contributed by atoms with Crippen molar-refractivity contribution in [3.05, 3.63) is 22.6 Å². The minimum absolute atomic E-state index is 0.258. The average Bonchev–Trinajstić information content (AvgIpc) is 2.00. The lowest BCUT2D eigenvalue weighted by Gasteiger charge is -2.22. The van der Waals surface area contributed by atoms with Crippen LogP contribution in [-0.4, -0.2) is 6.26 Å². The van der Waals surface area contributed by atoms with Gasteiger partial charge in [-0.2, -0.15) is 0 Å². The van der Waals surface area contributed by atoms with Gasteiger partial charge in [0.15, 0.2) is 0 Å². The van der Waals surface area contributed by atoms with E-state index in [9.17, 15) is 0 Å². The average molecular weight is 226 g/mol. The summed E-state index contributed by atoms with van der Waals surface area (Å²) in [6.07, 6.45) is 6.68. The topological polar surface area (TPSA) is 0 Å². The number of hydrogen-bond acceptors (Lipinski definition) is 1. The smallest absolute Gasteiger partial charge is 0.00721 e. The lowest BCUT2D eigenvalue weighted by atomic mass is 9.87. The molecule has 0 radical (unpaired) electrons. The van der Waals surface area contributed by atoms with E-state index in [1.165, 1.54) is 10.5 Å². The molecule has 0 saturated carbocycles. The fourth-order valence-corrected chi connectivity index (χ4v) is 1.89. The number of rotatable bonds is 2. The molecule has 0 aromatic heterocycles. The third-order valence-corrected chi connectivity index (χ3v) is 3.82. The van der Waals surface area contributed by atoms with Gasteiger partial charge >= 0.3 is 0 Å². The van der Waals surface area contributed by atoms with Crippen LogP contribution in [0.15, 0.2) is 22.6 Å². The Morgan fingerprint density at radius 1 is 0.867 bits per heavy atom. The molecule has 0 spiro atoms. The van der Waals surface area contributed by atoms with E-state index < -0.39 is 0 Å². The Morgan fingerprint density at radius 3 is 1.60 bits per heavy atom. The van der Waals surface area contributed by atoms with Gasteiger partial charge in [-0.15, -0.1) is 11.8 Å². The Hall–Kier alpha value is -0.170. The van der Waals surface area contributed by atoms with E-state index in [-0.39, 0.29) is 10.8 Å². The summed E-state index contributed by atoms with van der Waals surface area (Å²) in [5, 5.41) is 0. The van der Waals surface area contributed by atoms with Crippen molar-refractivity contribution < 1.29 is 0 Å². The van der Waals surface area contributed by atoms with Crippen LogP contribution in [0.3, 0.4) is 0 Å². The molecule has 88 valence electrons. The number of hydrogen-bond donors (Lipinski definition) is 0. The van der Waals surface area contributed by atoms with Gasteiger partial charge in [0.25, 0.3) is 0 Å². The van der Waals surface area contributed by atoms with Crippen LogP contribution in [0.4, 0.5) is 0 Å². The third-order valence-electron chi connectivity index (χ3n) is 2.63. The summed E-state index contributed by atoms with van der Waals surface area (Å²) in [6, 6.07) is 0. The summed E-state index contributed by atoms with van der Waals surface area (Å²) in [6.45, 7) is 15.7. The molecule has 0 fully saturated rings. The Kier molecular flexibility index (Phi) is 5.19. The van der Waals surface area contributed by atoms with Crippen molar-refractivity contribution in [2.75, 3.05) is 6.26 Å². The minimum atomic E-state index is 0.258. The van der Waals surface area contributed by atoms with Crippen molar-refractivity contribution >= 4 is 11.8 Å². The highest BCUT2D eigenvalue weighted by Crippen LogP contribution is 2.33. The first kappa shape index (κ1) is 14.8. The molecular weight excluding hydrogens is 200 g/mol. The van der Waals surface area contributed by atoms with E-state index in [0.717, 1.165) is 0 Å². The summed E-state index contributed by atoms with van der Waals surface area (Å²) < 4.78 is 0. The van der Waals surface area contributed by atoms with Crippen LogP contribution in [-0.2, 0) is 0 Å². The predicted molar refractivity (Wildman–Crippen MR) is 74.3 cm³/mol. The molecule has 0 rings (SSSR count). The highest BCUT2D eigenvalue weighted by molar-refractivity contribution is 8.02. The number of allylic oxidation sites excluding steroid dienone is 4. The van der Waals surface area contributed by atoms with E-state index in [2.05, 4.69) is 66.9 Å². The molecule has 0 aromatic carbocycles. The van der Waals surface area contributed by atoms with Gasteiger partial charge in [0.1, 0.15) is 0 Å². The van der Waals surface area contributed by atoms with Crippen LogP contribution in [0, 0.1) is 10.8 Å². The molecule has 0 aliphatic carbocycles. The van der Waals surface area contributed by atoms with E-state index in [0.29, 0.717) is 0 Å². The maximum absolute atomic E-state index is 2.27. The summed E-state index contributed by atoms with van der Waals surface area (Å²) in [7, 11) is 0. The zero-order valence-corrected chi connectivity index (χ0v) is 12.4. The van der Waals surface area contributed by atoms with E-state index in [1.807, 2.05) is 11.8 Å². The monoisotopic (exact) mass is 226 g/mol. The Bertz CT molecular complexity index is 256. The van der Waals surface area contributed by atoms with Gasteiger partial charge in [-0.1, -0.05) is 59.3 Å². The van der Waals surface area contributed by atoms with Crippen LogP contribution < -0.4 is 0 Å². The van der Waals surface area contributed by atoms with Crippen LogP contribution >= 0.6 is 11.8 Å². The largest absolute Gasteiger partial charge is 0.133 e. The van der Waals surface area contributed by atoms with Gasteiger partial charge < -0.3 is 0 Å². The molecule has 0 heterocycles. The predicted octanol–water partition coefficient (Wildman–Crippen LogP) is 5.27. The fourth-order valence-electron chi connectivity index (χ4n) is 1.07. The molecular formula is C14H26S. The summed E-state index contributed by atoms with van der Waals surface area (Å²) in [5.74, 6) is 0. The molecule has 15 heavy (non-hydrogen) atoms. The molecule has 0 aliphatic heterocycles. The lowest BCUT2D eigenvalue weighted by Crippen LogP contribution is -2.08. The van der Waals surface area contributed by atoms with Crippen LogP contribution in [0.5, 0.6) is 0 Å². The Balaban J connectivity index is 4.91. The second-order valence-electron chi connectivity index (χ2n) is 6.08. The molecule has 0 atom stereocenters. The first-order valence-corrected chi connectivity index (χ1v) is 6.75. The second kappa shape index (κ2) is 5.25. The zero-order chi connectivity index (χ0) is 12.3. The van der Waals surface area contributed by atoms with Crippen molar-refractivity contribution in [2.24, 2.45) is 10.8 Å². The number of thioether (sulfide) groups is 1. The van der Waals surface area contributed by atoms with Crippen LogP contribution in [0.25, 0.3) is 0 Å².